The van der Waals surface area contributed by atoms with Crippen LogP contribution in [0.2, 0.25) is 0 Å². The second-order valence-electron chi connectivity index (χ2n) is 4.22. The molecule has 2 heterocycles. The zero-order valence-electron chi connectivity index (χ0n) is 10.9. The number of rotatable bonds is 5. The fourth-order valence-electron chi connectivity index (χ4n) is 1.53. The molecule has 9 nitrogen and oxygen atoms in total. The lowest BCUT2D eigenvalue weighted by atomic mass is 10.4. The molecule has 2 aromatic rings. The highest BCUT2D eigenvalue weighted by Gasteiger charge is 2.21. The fourth-order valence-corrected chi connectivity index (χ4v) is 2.23. The summed E-state index contributed by atoms with van der Waals surface area (Å²) in [4.78, 5) is 24.1. The van der Waals surface area contributed by atoms with Gasteiger partial charge in [-0.05, 0) is 14.1 Å². The lowest BCUT2D eigenvalue weighted by Gasteiger charge is -2.06. The molecule has 20 heavy (non-hydrogen) atoms. The third-order valence-electron chi connectivity index (χ3n) is 2.29. The maximum absolute atomic E-state index is 11.0. The van der Waals surface area contributed by atoms with Crippen LogP contribution < -0.4 is 11.1 Å². The quantitative estimate of drug-likeness (QED) is 0.623. The standard InChI is InChI=1S/C10H13N7O2S/c1-16(2)3-6-4-20-10(14-6)15-9-7(17(18)19)8(11)12-5-13-9/h4-5H,3H2,1-2H3,(H3,11,12,13,14,15). The second kappa shape index (κ2) is 5.75. The minimum atomic E-state index is -0.619. The summed E-state index contributed by atoms with van der Waals surface area (Å²) in [6.07, 6.45) is 1.17. The third kappa shape index (κ3) is 3.16. The SMILES string of the molecule is CN(C)Cc1csc(Nc2ncnc(N)c2[N+](=O)[O-])n1. The van der Waals surface area contributed by atoms with Crippen molar-refractivity contribution in [3.05, 3.63) is 27.5 Å². The van der Waals surface area contributed by atoms with E-state index in [9.17, 15) is 10.1 Å². The number of hydrogen-bond donors (Lipinski definition) is 2. The Morgan fingerprint density at radius 1 is 1.50 bits per heavy atom. The Hall–Kier alpha value is -2.33. The summed E-state index contributed by atoms with van der Waals surface area (Å²) < 4.78 is 0. The Balaban J connectivity index is 2.24. The van der Waals surface area contributed by atoms with Crippen LogP contribution in [-0.4, -0.2) is 38.9 Å². The Bertz CT molecular complexity index is 628. The summed E-state index contributed by atoms with van der Waals surface area (Å²) >= 11 is 1.34. The number of anilines is 3. The summed E-state index contributed by atoms with van der Waals surface area (Å²) in [6.45, 7) is 0.687. The van der Waals surface area contributed by atoms with E-state index in [-0.39, 0.29) is 17.3 Å². The first-order valence-corrected chi connectivity index (χ1v) is 6.46. The minimum absolute atomic E-state index is 0.0354. The van der Waals surface area contributed by atoms with E-state index in [4.69, 9.17) is 5.73 Å². The lowest BCUT2D eigenvalue weighted by molar-refractivity contribution is -0.383. The predicted molar refractivity (Wildman–Crippen MR) is 75.9 cm³/mol. The van der Waals surface area contributed by atoms with Crippen molar-refractivity contribution < 1.29 is 4.92 Å². The number of thiazole rings is 1. The van der Waals surface area contributed by atoms with Crippen molar-refractivity contribution in [1.82, 2.24) is 19.9 Å². The van der Waals surface area contributed by atoms with Gasteiger partial charge >= 0.3 is 5.69 Å². The molecule has 0 spiro atoms. The molecule has 2 aromatic heterocycles. The lowest BCUT2D eigenvalue weighted by Crippen LogP contribution is -2.10. The van der Waals surface area contributed by atoms with Crippen molar-refractivity contribution in [3.63, 3.8) is 0 Å². The van der Waals surface area contributed by atoms with Crippen molar-refractivity contribution in [3.8, 4) is 0 Å². The Morgan fingerprint density at radius 2 is 2.25 bits per heavy atom. The van der Waals surface area contributed by atoms with Crippen LogP contribution in [0.3, 0.4) is 0 Å². The topological polar surface area (TPSA) is 123 Å². The first-order valence-electron chi connectivity index (χ1n) is 5.58. The van der Waals surface area contributed by atoms with E-state index in [0.717, 1.165) is 5.69 Å². The van der Waals surface area contributed by atoms with E-state index < -0.39 is 4.92 Å². The van der Waals surface area contributed by atoms with Crippen LogP contribution in [0, 0.1) is 10.1 Å². The van der Waals surface area contributed by atoms with Gasteiger partial charge < -0.3 is 16.0 Å². The normalized spacial score (nSPS) is 10.8. The van der Waals surface area contributed by atoms with Gasteiger partial charge in [0.25, 0.3) is 0 Å². The van der Waals surface area contributed by atoms with Gasteiger partial charge in [0.05, 0.1) is 10.6 Å². The van der Waals surface area contributed by atoms with Crippen LogP contribution in [-0.2, 0) is 6.54 Å². The van der Waals surface area contributed by atoms with Crippen molar-refractivity contribution in [2.45, 2.75) is 6.54 Å². The highest BCUT2D eigenvalue weighted by atomic mass is 32.1. The molecule has 3 N–H and O–H groups in total. The van der Waals surface area contributed by atoms with E-state index in [2.05, 4.69) is 20.3 Å². The number of nitrogens with two attached hydrogens (primary N) is 1. The summed E-state index contributed by atoms with van der Waals surface area (Å²) in [5.74, 6) is -0.147. The van der Waals surface area contributed by atoms with Gasteiger partial charge in [-0.25, -0.2) is 15.0 Å². The molecule has 10 heteroatoms. The Labute approximate surface area is 118 Å². The maximum Gasteiger partial charge on any atom is 0.353 e. The zero-order chi connectivity index (χ0) is 14.7. The molecule has 2 rings (SSSR count). The van der Waals surface area contributed by atoms with Crippen molar-refractivity contribution in [2.24, 2.45) is 0 Å². The smallest absolute Gasteiger partial charge is 0.353 e. The number of nitrogens with one attached hydrogen (secondary N) is 1. The average molecular weight is 295 g/mol. The monoisotopic (exact) mass is 295 g/mol. The molecule has 0 bridgehead atoms. The second-order valence-corrected chi connectivity index (χ2v) is 5.08. The van der Waals surface area contributed by atoms with Gasteiger partial charge in [-0.1, -0.05) is 0 Å². The Kier molecular flexibility index (Phi) is 4.05. The van der Waals surface area contributed by atoms with Crippen LogP contribution in [0.4, 0.5) is 22.5 Å². The van der Waals surface area contributed by atoms with Gasteiger partial charge in [-0.2, -0.15) is 0 Å². The van der Waals surface area contributed by atoms with E-state index in [1.54, 1.807) is 0 Å². The van der Waals surface area contributed by atoms with Gasteiger partial charge in [0, 0.05) is 11.9 Å². The van der Waals surface area contributed by atoms with E-state index in [0.29, 0.717) is 11.7 Å². The molecule has 0 fully saturated rings. The first kappa shape index (κ1) is 14.1. The number of nitro groups is 1. The molecule has 0 saturated carbocycles. The molecule has 106 valence electrons. The predicted octanol–water partition coefficient (Wildman–Crippen LogP) is 1.23. The van der Waals surface area contributed by atoms with Gasteiger partial charge in [0.1, 0.15) is 6.33 Å². The number of hydrogen-bond acceptors (Lipinski definition) is 9. The molecule has 0 saturated heterocycles. The number of aromatic nitrogens is 3. The highest BCUT2D eigenvalue weighted by molar-refractivity contribution is 7.13. The van der Waals surface area contributed by atoms with Crippen LogP contribution in [0.5, 0.6) is 0 Å². The minimum Gasteiger partial charge on any atom is -0.378 e. The molecule has 0 aliphatic heterocycles. The van der Waals surface area contributed by atoms with E-state index in [1.807, 2.05) is 24.4 Å². The van der Waals surface area contributed by atoms with E-state index in [1.165, 1.54) is 17.7 Å². The van der Waals surface area contributed by atoms with Gasteiger partial charge in [0.2, 0.25) is 11.6 Å². The molecular weight excluding hydrogens is 282 g/mol. The molecule has 0 aliphatic rings. The average Bonchev–Trinajstić information content (AvgIpc) is 2.75. The first-order chi connectivity index (χ1) is 9.47. The number of nitrogens with zero attached hydrogens (tertiary/aromatic N) is 5. The Morgan fingerprint density at radius 3 is 2.90 bits per heavy atom. The summed E-state index contributed by atoms with van der Waals surface area (Å²) in [6, 6.07) is 0. The molecular formula is C10H13N7O2S. The molecule has 0 atom stereocenters. The summed E-state index contributed by atoms with van der Waals surface area (Å²) in [5, 5.41) is 16.2. The largest absolute Gasteiger partial charge is 0.378 e. The van der Waals surface area contributed by atoms with Gasteiger partial charge in [0.15, 0.2) is 5.13 Å². The maximum atomic E-state index is 11.0. The number of nitrogen functional groups attached to an aromatic ring is 1. The summed E-state index contributed by atoms with van der Waals surface area (Å²) in [7, 11) is 3.87. The van der Waals surface area contributed by atoms with Crippen molar-refractivity contribution in [2.75, 3.05) is 25.1 Å². The van der Waals surface area contributed by atoms with Gasteiger partial charge in [-0.15, -0.1) is 11.3 Å². The zero-order valence-corrected chi connectivity index (χ0v) is 11.7. The van der Waals surface area contributed by atoms with Crippen molar-refractivity contribution >= 4 is 33.8 Å². The fraction of sp³-hybridized carbons (Fsp3) is 0.300. The van der Waals surface area contributed by atoms with Crippen LogP contribution >= 0.6 is 11.3 Å². The van der Waals surface area contributed by atoms with E-state index >= 15 is 0 Å². The molecule has 0 amide bonds. The molecule has 0 radical (unpaired) electrons. The van der Waals surface area contributed by atoms with Crippen LogP contribution in [0.1, 0.15) is 5.69 Å². The molecule has 0 aliphatic carbocycles. The third-order valence-corrected chi connectivity index (χ3v) is 3.09. The molecule has 0 aromatic carbocycles. The molecule has 0 unspecified atom stereocenters. The van der Waals surface area contributed by atoms with Crippen LogP contribution in [0.25, 0.3) is 0 Å². The summed E-state index contributed by atoms with van der Waals surface area (Å²) in [5.41, 5.74) is 6.01. The van der Waals surface area contributed by atoms with Crippen LogP contribution in [0.15, 0.2) is 11.7 Å². The van der Waals surface area contributed by atoms with Crippen molar-refractivity contribution in [1.29, 1.82) is 0 Å². The highest BCUT2D eigenvalue weighted by Crippen LogP contribution is 2.30. The van der Waals surface area contributed by atoms with Gasteiger partial charge in [-0.3, -0.25) is 10.1 Å².